The number of carbonyl (C=O) groups excluding carboxylic acids is 1. The first-order chi connectivity index (χ1) is 12.5. The van der Waals surface area contributed by atoms with Crippen LogP contribution in [0.2, 0.25) is 0 Å². The maximum atomic E-state index is 11.9. The number of hydrogen-bond acceptors (Lipinski definition) is 3. The molecule has 0 aromatic carbocycles. The molecule has 5 nitrogen and oxygen atoms in total. The van der Waals surface area contributed by atoms with Crippen molar-refractivity contribution >= 4 is 17.7 Å². The Kier molecular flexibility index (Phi) is 16.1. The SMILES string of the molecule is CCC[C@H](C(=O)O)C(=O)CCCCCCCCCCCCCCC(=O)O. The molecule has 0 aromatic heterocycles. The molecule has 152 valence electrons. The van der Waals surface area contributed by atoms with Crippen molar-refractivity contribution in [2.24, 2.45) is 5.92 Å². The lowest BCUT2D eigenvalue weighted by atomic mass is 9.94. The second-order valence-electron chi connectivity index (χ2n) is 7.28. The Morgan fingerprint density at radius 2 is 1.04 bits per heavy atom. The van der Waals surface area contributed by atoms with E-state index < -0.39 is 17.9 Å². The van der Waals surface area contributed by atoms with Crippen molar-refractivity contribution in [1.82, 2.24) is 0 Å². The molecule has 0 fully saturated rings. The second-order valence-corrected chi connectivity index (χ2v) is 7.28. The van der Waals surface area contributed by atoms with Gasteiger partial charge in [0.2, 0.25) is 0 Å². The Hall–Kier alpha value is -1.39. The number of Topliss-reactive ketones (excluding diaryl/α,β-unsaturated/α-hetero) is 1. The van der Waals surface area contributed by atoms with Gasteiger partial charge in [0.1, 0.15) is 11.7 Å². The molecule has 0 spiro atoms. The summed E-state index contributed by atoms with van der Waals surface area (Å²) in [6, 6.07) is 0. The maximum absolute atomic E-state index is 11.9. The van der Waals surface area contributed by atoms with E-state index in [0.717, 1.165) is 44.9 Å². The Labute approximate surface area is 158 Å². The van der Waals surface area contributed by atoms with Crippen molar-refractivity contribution in [2.75, 3.05) is 0 Å². The van der Waals surface area contributed by atoms with E-state index in [9.17, 15) is 14.4 Å². The molecular formula is C21H38O5. The van der Waals surface area contributed by atoms with E-state index in [1.54, 1.807) is 0 Å². The van der Waals surface area contributed by atoms with Crippen LogP contribution in [-0.2, 0) is 14.4 Å². The highest BCUT2D eigenvalue weighted by molar-refractivity contribution is 5.98. The van der Waals surface area contributed by atoms with Crippen LogP contribution in [0.25, 0.3) is 0 Å². The monoisotopic (exact) mass is 370 g/mol. The highest BCUT2D eigenvalue weighted by atomic mass is 16.4. The van der Waals surface area contributed by atoms with Crippen LogP contribution in [-0.4, -0.2) is 27.9 Å². The minimum Gasteiger partial charge on any atom is -0.481 e. The number of carbonyl (C=O) groups is 3. The number of carboxylic acid groups (broad SMARTS) is 2. The summed E-state index contributed by atoms with van der Waals surface area (Å²) in [5.41, 5.74) is 0. The Bertz CT molecular complexity index is 392. The molecule has 0 heterocycles. The van der Waals surface area contributed by atoms with Gasteiger partial charge < -0.3 is 10.2 Å². The summed E-state index contributed by atoms with van der Waals surface area (Å²) in [7, 11) is 0. The summed E-state index contributed by atoms with van der Waals surface area (Å²) in [5.74, 6) is -2.58. The number of carboxylic acids is 2. The van der Waals surface area contributed by atoms with Crippen molar-refractivity contribution in [3.05, 3.63) is 0 Å². The lowest BCUT2D eigenvalue weighted by Crippen LogP contribution is -2.23. The van der Waals surface area contributed by atoms with E-state index in [2.05, 4.69) is 0 Å². The summed E-state index contributed by atoms with van der Waals surface area (Å²) in [6.45, 7) is 1.91. The van der Waals surface area contributed by atoms with Crippen LogP contribution < -0.4 is 0 Å². The molecule has 0 bridgehead atoms. The Balaban J connectivity index is 3.37. The van der Waals surface area contributed by atoms with Crippen molar-refractivity contribution < 1.29 is 24.6 Å². The van der Waals surface area contributed by atoms with Gasteiger partial charge in [0.05, 0.1) is 0 Å². The molecule has 5 heteroatoms. The average Bonchev–Trinajstić information content (AvgIpc) is 2.59. The topological polar surface area (TPSA) is 91.7 Å². The lowest BCUT2D eigenvalue weighted by molar-refractivity contribution is -0.146. The molecule has 2 N–H and O–H groups in total. The van der Waals surface area contributed by atoms with E-state index in [4.69, 9.17) is 10.2 Å². The smallest absolute Gasteiger partial charge is 0.314 e. The van der Waals surface area contributed by atoms with Crippen LogP contribution >= 0.6 is 0 Å². The predicted molar refractivity (Wildman–Crippen MR) is 103 cm³/mol. The fourth-order valence-electron chi connectivity index (χ4n) is 3.23. The third kappa shape index (κ3) is 14.9. The van der Waals surface area contributed by atoms with Crippen LogP contribution in [0.4, 0.5) is 0 Å². The molecule has 0 unspecified atom stereocenters. The maximum Gasteiger partial charge on any atom is 0.314 e. The predicted octanol–water partition coefficient (Wildman–Crippen LogP) is 5.60. The van der Waals surface area contributed by atoms with Gasteiger partial charge in [0.15, 0.2) is 0 Å². The molecule has 0 radical (unpaired) electrons. The van der Waals surface area contributed by atoms with Crippen LogP contribution in [0.15, 0.2) is 0 Å². The molecule has 1 atom stereocenters. The van der Waals surface area contributed by atoms with Gasteiger partial charge in [-0.1, -0.05) is 77.6 Å². The first-order valence-electron chi connectivity index (χ1n) is 10.5. The summed E-state index contributed by atoms with van der Waals surface area (Å²) < 4.78 is 0. The zero-order valence-electron chi connectivity index (χ0n) is 16.5. The summed E-state index contributed by atoms with van der Waals surface area (Å²) in [6.07, 6.45) is 15.1. The number of hydrogen-bond donors (Lipinski definition) is 2. The van der Waals surface area contributed by atoms with Crippen LogP contribution in [0.1, 0.15) is 110 Å². The van der Waals surface area contributed by atoms with Crippen LogP contribution in [0, 0.1) is 5.92 Å². The average molecular weight is 371 g/mol. The van der Waals surface area contributed by atoms with Crippen LogP contribution in [0.3, 0.4) is 0 Å². The fraction of sp³-hybridized carbons (Fsp3) is 0.857. The number of aliphatic carboxylic acids is 2. The quantitative estimate of drug-likeness (QED) is 0.228. The summed E-state index contributed by atoms with van der Waals surface area (Å²) in [5, 5.41) is 17.6. The van der Waals surface area contributed by atoms with Gasteiger partial charge in [-0.05, 0) is 19.3 Å². The molecule has 0 aromatic rings. The van der Waals surface area contributed by atoms with E-state index >= 15 is 0 Å². The molecular weight excluding hydrogens is 332 g/mol. The van der Waals surface area contributed by atoms with Crippen LogP contribution in [0.5, 0.6) is 0 Å². The van der Waals surface area contributed by atoms with E-state index in [-0.39, 0.29) is 5.78 Å². The molecule has 26 heavy (non-hydrogen) atoms. The molecule has 0 aliphatic heterocycles. The van der Waals surface area contributed by atoms with Crippen molar-refractivity contribution in [3.63, 3.8) is 0 Å². The summed E-state index contributed by atoms with van der Waals surface area (Å²) in [4.78, 5) is 33.3. The number of ketones is 1. The second kappa shape index (κ2) is 17.0. The lowest BCUT2D eigenvalue weighted by Gasteiger charge is -2.09. The Morgan fingerprint density at radius 3 is 1.38 bits per heavy atom. The standard InChI is InChI=1S/C21H38O5/c1-2-15-18(21(25)26)19(22)16-13-11-9-7-5-3-4-6-8-10-12-14-17-20(23)24/h18H,2-17H2,1H3,(H,23,24)(H,25,26)/t18-/m0/s1. The number of rotatable bonds is 19. The molecule has 0 saturated carbocycles. The zero-order chi connectivity index (χ0) is 19.6. The van der Waals surface area contributed by atoms with Gasteiger partial charge in [0.25, 0.3) is 0 Å². The van der Waals surface area contributed by atoms with Gasteiger partial charge in [-0.25, -0.2) is 0 Å². The third-order valence-corrected chi connectivity index (χ3v) is 4.83. The van der Waals surface area contributed by atoms with E-state index in [1.165, 1.54) is 38.5 Å². The normalized spacial score (nSPS) is 12.0. The van der Waals surface area contributed by atoms with E-state index in [0.29, 0.717) is 19.3 Å². The summed E-state index contributed by atoms with van der Waals surface area (Å²) >= 11 is 0. The molecule has 0 saturated heterocycles. The zero-order valence-corrected chi connectivity index (χ0v) is 16.5. The van der Waals surface area contributed by atoms with Gasteiger partial charge in [0, 0.05) is 12.8 Å². The van der Waals surface area contributed by atoms with Gasteiger partial charge in [-0.15, -0.1) is 0 Å². The largest absolute Gasteiger partial charge is 0.481 e. The third-order valence-electron chi connectivity index (χ3n) is 4.83. The minimum absolute atomic E-state index is 0.109. The Morgan fingerprint density at radius 1 is 0.654 bits per heavy atom. The molecule has 0 rings (SSSR count). The molecule has 0 amide bonds. The first-order valence-corrected chi connectivity index (χ1v) is 10.5. The first kappa shape index (κ1) is 24.6. The van der Waals surface area contributed by atoms with Gasteiger partial charge in [-0.3, -0.25) is 14.4 Å². The molecule has 0 aliphatic rings. The van der Waals surface area contributed by atoms with Crippen molar-refractivity contribution in [1.29, 1.82) is 0 Å². The minimum atomic E-state index is -0.973. The van der Waals surface area contributed by atoms with Gasteiger partial charge >= 0.3 is 11.9 Å². The molecule has 0 aliphatic carbocycles. The van der Waals surface area contributed by atoms with Crippen molar-refractivity contribution in [2.45, 2.75) is 110 Å². The van der Waals surface area contributed by atoms with E-state index in [1.807, 2.05) is 6.92 Å². The highest BCUT2D eigenvalue weighted by Gasteiger charge is 2.24. The van der Waals surface area contributed by atoms with Gasteiger partial charge in [-0.2, -0.15) is 0 Å². The van der Waals surface area contributed by atoms with Crippen molar-refractivity contribution in [3.8, 4) is 0 Å². The fourth-order valence-corrected chi connectivity index (χ4v) is 3.23. The highest BCUT2D eigenvalue weighted by Crippen LogP contribution is 2.15. The number of unbranched alkanes of at least 4 members (excludes halogenated alkanes) is 11.